The molecule has 32 heavy (non-hydrogen) atoms. The number of hydrogen-bond acceptors (Lipinski definition) is 4. The van der Waals surface area contributed by atoms with E-state index in [0.717, 1.165) is 62.3 Å². The summed E-state index contributed by atoms with van der Waals surface area (Å²) in [5, 5.41) is 0.683. The first kappa shape index (κ1) is 20.9. The summed E-state index contributed by atoms with van der Waals surface area (Å²) in [6.07, 6.45) is 4.05. The Balaban J connectivity index is 1.21. The average Bonchev–Trinajstić information content (AvgIpc) is 2.82. The van der Waals surface area contributed by atoms with Crippen molar-refractivity contribution in [2.24, 2.45) is 5.92 Å². The number of hydrogen-bond donors (Lipinski definition) is 0. The van der Waals surface area contributed by atoms with Crippen molar-refractivity contribution >= 4 is 22.5 Å². The third-order valence-electron chi connectivity index (χ3n) is 6.97. The highest BCUT2D eigenvalue weighted by Crippen LogP contribution is 2.27. The summed E-state index contributed by atoms with van der Waals surface area (Å²) in [6, 6.07) is 15.8. The number of aromatic nitrogens is 2. The predicted octanol–water partition coefficient (Wildman–Crippen LogP) is 3.40. The van der Waals surface area contributed by atoms with E-state index >= 15 is 0 Å². The minimum atomic E-state index is 0.0504. The van der Waals surface area contributed by atoms with Gasteiger partial charge in [0.1, 0.15) is 5.82 Å². The van der Waals surface area contributed by atoms with Crippen LogP contribution in [0.1, 0.15) is 30.7 Å². The molecule has 2 aliphatic rings. The van der Waals surface area contributed by atoms with Gasteiger partial charge >= 0.3 is 0 Å². The topological polar surface area (TPSA) is 58.4 Å². The Labute approximate surface area is 188 Å². The first-order chi connectivity index (χ1) is 15.6. The predicted molar refractivity (Wildman–Crippen MR) is 127 cm³/mol. The van der Waals surface area contributed by atoms with Crippen LogP contribution in [0.2, 0.25) is 0 Å². The molecular weight excluding hydrogens is 400 g/mol. The van der Waals surface area contributed by atoms with Crippen molar-refractivity contribution in [3.8, 4) is 0 Å². The molecule has 0 N–H and O–H groups in total. The zero-order valence-electron chi connectivity index (χ0n) is 18.7. The molecule has 2 aliphatic heterocycles. The standard InChI is InChI=1S/C26H30N4O2/c1-19-27-23-10-4-3-9-22(23)26(32)30(19)17-20-12-15-28(16-13-20)18-25(31)29-14-6-8-21-7-2-5-11-24(21)29/h2-5,7,9-11,20H,6,8,12-18H2,1H3. The molecule has 6 heteroatoms. The summed E-state index contributed by atoms with van der Waals surface area (Å²) < 4.78 is 1.83. The van der Waals surface area contributed by atoms with Crippen molar-refractivity contribution in [3.63, 3.8) is 0 Å². The summed E-state index contributed by atoms with van der Waals surface area (Å²) in [5.74, 6) is 1.40. The van der Waals surface area contributed by atoms with E-state index in [1.165, 1.54) is 5.56 Å². The molecule has 0 saturated carbocycles. The van der Waals surface area contributed by atoms with Crippen LogP contribution in [0.5, 0.6) is 0 Å². The second-order valence-corrected chi connectivity index (χ2v) is 9.09. The molecule has 0 unspecified atom stereocenters. The molecule has 1 amide bonds. The van der Waals surface area contributed by atoms with Crippen molar-refractivity contribution in [2.45, 2.75) is 39.2 Å². The lowest BCUT2D eigenvalue weighted by Crippen LogP contribution is -2.45. The highest BCUT2D eigenvalue weighted by Gasteiger charge is 2.26. The largest absolute Gasteiger partial charge is 0.311 e. The third-order valence-corrected chi connectivity index (χ3v) is 6.97. The normalized spacial score (nSPS) is 17.5. The quantitative estimate of drug-likeness (QED) is 0.637. The molecule has 6 nitrogen and oxygen atoms in total. The van der Waals surface area contributed by atoms with Gasteiger partial charge in [-0.3, -0.25) is 19.1 Å². The first-order valence-corrected chi connectivity index (χ1v) is 11.7. The lowest BCUT2D eigenvalue weighted by atomic mass is 9.96. The van der Waals surface area contributed by atoms with Crippen LogP contribution in [0.25, 0.3) is 10.9 Å². The SMILES string of the molecule is Cc1nc2ccccc2c(=O)n1CC1CCN(CC(=O)N2CCCc3ccccc32)CC1. The van der Waals surface area contributed by atoms with Crippen molar-refractivity contribution in [1.29, 1.82) is 0 Å². The van der Waals surface area contributed by atoms with Gasteiger partial charge in [0.05, 0.1) is 17.4 Å². The molecule has 0 bridgehead atoms. The Morgan fingerprint density at radius 3 is 2.62 bits per heavy atom. The molecule has 2 aromatic carbocycles. The van der Waals surface area contributed by atoms with Gasteiger partial charge in [-0.2, -0.15) is 0 Å². The number of fused-ring (bicyclic) bond motifs is 2. The lowest BCUT2D eigenvalue weighted by Gasteiger charge is -2.35. The van der Waals surface area contributed by atoms with Gasteiger partial charge in [-0.1, -0.05) is 30.3 Å². The molecular formula is C26H30N4O2. The van der Waals surface area contributed by atoms with Gasteiger partial charge in [-0.05, 0) is 75.4 Å². The van der Waals surface area contributed by atoms with Crippen molar-refractivity contribution in [3.05, 3.63) is 70.3 Å². The number of carbonyl (C=O) groups excluding carboxylic acids is 1. The van der Waals surface area contributed by atoms with Crippen LogP contribution in [0.15, 0.2) is 53.3 Å². The lowest BCUT2D eigenvalue weighted by molar-refractivity contribution is -0.120. The minimum Gasteiger partial charge on any atom is -0.311 e. The Bertz CT molecular complexity index is 1190. The second kappa shape index (κ2) is 8.87. The molecule has 1 aromatic heterocycles. The van der Waals surface area contributed by atoms with E-state index in [9.17, 15) is 9.59 Å². The third kappa shape index (κ3) is 4.07. The zero-order chi connectivity index (χ0) is 22.1. The fraction of sp³-hybridized carbons (Fsp3) is 0.423. The molecule has 166 valence electrons. The van der Waals surface area contributed by atoms with Gasteiger partial charge in [0.2, 0.25) is 5.91 Å². The Morgan fingerprint density at radius 2 is 1.78 bits per heavy atom. The number of nitrogens with zero attached hydrogens (tertiary/aromatic N) is 4. The van der Waals surface area contributed by atoms with E-state index in [4.69, 9.17) is 0 Å². The molecule has 5 rings (SSSR count). The van der Waals surface area contributed by atoms with Gasteiger partial charge in [0, 0.05) is 18.8 Å². The van der Waals surface area contributed by atoms with Crippen LogP contribution in [-0.2, 0) is 17.8 Å². The van der Waals surface area contributed by atoms with Crippen molar-refractivity contribution in [1.82, 2.24) is 14.5 Å². The van der Waals surface area contributed by atoms with Crippen LogP contribution in [0, 0.1) is 12.8 Å². The molecule has 0 aliphatic carbocycles. The Morgan fingerprint density at radius 1 is 1.03 bits per heavy atom. The molecule has 0 radical (unpaired) electrons. The number of anilines is 1. The number of carbonyl (C=O) groups is 1. The molecule has 1 fully saturated rings. The summed E-state index contributed by atoms with van der Waals surface area (Å²) in [4.78, 5) is 34.9. The van der Waals surface area contributed by atoms with E-state index in [0.29, 0.717) is 24.4 Å². The Kier molecular flexibility index (Phi) is 5.79. The minimum absolute atomic E-state index is 0.0504. The molecule has 0 spiro atoms. The van der Waals surface area contributed by atoms with Crippen LogP contribution >= 0.6 is 0 Å². The van der Waals surface area contributed by atoms with E-state index in [2.05, 4.69) is 28.1 Å². The summed E-state index contributed by atoms with van der Waals surface area (Å²) in [5.41, 5.74) is 3.17. The van der Waals surface area contributed by atoms with E-state index in [1.54, 1.807) is 0 Å². The second-order valence-electron chi connectivity index (χ2n) is 9.09. The number of aryl methyl sites for hydroxylation is 2. The number of likely N-dealkylation sites (tertiary alicyclic amines) is 1. The fourth-order valence-electron chi connectivity index (χ4n) is 5.15. The fourth-order valence-corrected chi connectivity index (χ4v) is 5.15. The van der Waals surface area contributed by atoms with Crippen molar-refractivity contribution < 1.29 is 4.79 Å². The van der Waals surface area contributed by atoms with Gasteiger partial charge in [-0.25, -0.2) is 4.98 Å². The smallest absolute Gasteiger partial charge is 0.261 e. The van der Waals surface area contributed by atoms with E-state index in [1.807, 2.05) is 46.7 Å². The highest BCUT2D eigenvalue weighted by atomic mass is 16.2. The maximum absolute atomic E-state index is 13.0. The van der Waals surface area contributed by atoms with Crippen LogP contribution in [0.3, 0.4) is 0 Å². The number of benzene rings is 2. The molecule has 3 heterocycles. The summed E-state index contributed by atoms with van der Waals surface area (Å²) >= 11 is 0. The van der Waals surface area contributed by atoms with Gasteiger partial charge in [0.15, 0.2) is 0 Å². The van der Waals surface area contributed by atoms with Gasteiger partial charge in [-0.15, -0.1) is 0 Å². The van der Waals surface area contributed by atoms with Gasteiger partial charge < -0.3 is 4.90 Å². The van der Waals surface area contributed by atoms with Crippen LogP contribution in [0.4, 0.5) is 5.69 Å². The number of piperidine rings is 1. The molecule has 0 atom stereocenters. The highest BCUT2D eigenvalue weighted by molar-refractivity contribution is 5.96. The van der Waals surface area contributed by atoms with Crippen LogP contribution in [-0.4, -0.2) is 46.5 Å². The van der Waals surface area contributed by atoms with E-state index < -0.39 is 0 Å². The van der Waals surface area contributed by atoms with Crippen LogP contribution < -0.4 is 10.5 Å². The zero-order valence-corrected chi connectivity index (χ0v) is 18.7. The average molecular weight is 431 g/mol. The van der Waals surface area contributed by atoms with Gasteiger partial charge in [0.25, 0.3) is 5.56 Å². The number of amides is 1. The Hall–Kier alpha value is -2.99. The van der Waals surface area contributed by atoms with Crippen molar-refractivity contribution in [2.75, 3.05) is 31.1 Å². The maximum atomic E-state index is 13.0. The monoisotopic (exact) mass is 430 g/mol. The number of rotatable bonds is 4. The number of para-hydroxylation sites is 2. The molecule has 1 saturated heterocycles. The van der Waals surface area contributed by atoms with E-state index in [-0.39, 0.29) is 11.5 Å². The summed E-state index contributed by atoms with van der Waals surface area (Å²) in [6.45, 7) is 5.67. The molecule has 3 aromatic rings. The maximum Gasteiger partial charge on any atom is 0.261 e. The first-order valence-electron chi connectivity index (χ1n) is 11.7. The summed E-state index contributed by atoms with van der Waals surface area (Å²) in [7, 11) is 0.